The third-order valence-electron chi connectivity index (χ3n) is 1.27. The van der Waals surface area contributed by atoms with E-state index in [1.54, 1.807) is 12.2 Å². The van der Waals surface area contributed by atoms with E-state index in [2.05, 4.69) is 0 Å². The van der Waals surface area contributed by atoms with Crippen LogP contribution in [0.3, 0.4) is 0 Å². The van der Waals surface area contributed by atoms with Crippen molar-refractivity contribution in [3.63, 3.8) is 0 Å². The summed E-state index contributed by atoms with van der Waals surface area (Å²) in [6.07, 6.45) is 3.36. The maximum atomic E-state index is 10.7. The first-order valence-corrected chi connectivity index (χ1v) is 4.44. The molecule has 0 heterocycles. The molecular formula is C10H18O3. The number of hydrogen-bond acceptors (Lipinski definition) is 2. The Morgan fingerprint density at radius 2 is 2.08 bits per heavy atom. The maximum Gasteiger partial charge on any atom is 0.336 e. The normalized spacial score (nSPS) is 14.8. The van der Waals surface area contributed by atoms with Crippen LogP contribution in [0, 0.1) is 0 Å². The standard InChI is InChI=1S/C10H18O3/c1-5-6-7-8(9(11)12)13-10(2,3)4/h6-8H,5H2,1-4H3,(H,11,12). The predicted octanol–water partition coefficient (Wildman–Crippen LogP) is 2.22. The number of allylic oxidation sites excluding steroid dienone is 1. The second kappa shape index (κ2) is 5.02. The van der Waals surface area contributed by atoms with Crippen molar-refractivity contribution in [2.24, 2.45) is 0 Å². The van der Waals surface area contributed by atoms with E-state index in [1.165, 1.54) is 0 Å². The van der Waals surface area contributed by atoms with Crippen molar-refractivity contribution in [1.82, 2.24) is 0 Å². The van der Waals surface area contributed by atoms with Crippen LogP contribution < -0.4 is 0 Å². The van der Waals surface area contributed by atoms with E-state index in [-0.39, 0.29) is 0 Å². The van der Waals surface area contributed by atoms with Crippen molar-refractivity contribution in [1.29, 1.82) is 0 Å². The van der Waals surface area contributed by atoms with E-state index in [0.29, 0.717) is 0 Å². The van der Waals surface area contributed by atoms with Crippen LogP contribution >= 0.6 is 0 Å². The molecule has 0 aliphatic rings. The highest BCUT2D eigenvalue weighted by atomic mass is 16.5. The molecule has 0 amide bonds. The molecule has 3 nitrogen and oxygen atoms in total. The second-order valence-electron chi connectivity index (χ2n) is 3.83. The highest BCUT2D eigenvalue weighted by molar-refractivity contribution is 5.74. The van der Waals surface area contributed by atoms with Crippen LogP contribution in [0.5, 0.6) is 0 Å². The summed E-state index contributed by atoms with van der Waals surface area (Å²) in [6, 6.07) is 0. The summed E-state index contributed by atoms with van der Waals surface area (Å²) in [4.78, 5) is 10.7. The van der Waals surface area contributed by atoms with Crippen molar-refractivity contribution in [3.05, 3.63) is 12.2 Å². The smallest absolute Gasteiger partial charge is 0.336 e. The fraction of sp³-hybridized carbons (Fsp3) is 0.700. The fourth-order valence-electron chi connectivity index (χ4n) is 0.813. The molecule has 1 atom stereocenters. The van der Waals surface area contributed by atoms with Crippen LogP contribution in [0.4, 0.5) is 0 Å². The molecule has 0 bridgehead atoms. The molecule has 1 unspecified atom stereocenters. The number of hydrogen-bond donors (Lipinski definition) is 1. The molecule has 0 spiro atoms. The van der Waals surface area contributed by atoms with Gasteiger partial charge >= 0.3 is 5.97 Å². The largest absolute Gasteiger partial charge is 0.479 e. The maximum absolute atomic E-state index is 10.7. The zero-order valence-electron chi connectivity index (χ0n) is 8.70. The molecule has 3 heteroatoms. The zero-order valence-corrected chi connectivity index (χ0v) is 8.70. The number of rotatable bonds is 4. The Bertz CT molecular complexity index is 189. The first-order valence-electron chi connectivity index (χ1n) is 4.44. The lowest BCUT2D eigenvalue weighted by atomic mass is 10.1. The molecule has 13 heavy (non-hydrogen) atoms. The Morgan fingerprint density at radius 1 is 1.54 bits per heavy atom. The van der Waals surface area contributed by atoms with Gasteiger partial charge in [-0.25, -0.2) is 4.79 Å². The van der Waals surface area contributed by atoms with Crippen LogP contribution in [-0.2, 0) is 9.53 Å². The minimum Gasteiger partial charge on any atom is -0.479 e. The SMILES string of the molecule is CCC=CC(OC(C)(C)C)C(=O)O. The quantitative estimate of drug-likeness (QED) is 0.685. The van der Waals surface area contributed by atoms with Gasteiger partial charge in [-0.05, 0) is 33.3 Å². The van der Waals surface area contributed by atoms with E-state index >= 15 is 0 Å². The van der Waals surface area contributed by atoms with Gasteiger partial charge < -0.3 is 9.84 Å². The van der Waals surface area contributed by atoms with E-state index in [1.807, 2.05) is 27.7 Å². The summed E-state index contributed by atoms with van der Waals surface area (Å²) in [5.74, 6) is -0.945. The van der Waals surface area contributed by atoms with Crippen LogP contribution in [0.15, 0.2) is 12.2 Å². The van der Waals surface area contributed by atoms with Gasteiger partial charge in [-0.1, -0.05) is 13.0 Å². The van der Waals surface area contributed by atoms with Gasteiger partial charge in [0.1, 0.15) is 0 Å². The highest BCUT2D eigenvalue weighted by Crippen LogP contribution is 2.12. The predicted molar refractivity (Wildman–Crippen MR) is 51.7 cm³/mol. The van der Waals surface area contributed by atoms with Gasteiger partial charge in [-0.15, -0.1) is 0 Å². The average Bonchev–Trinajstić information content (AvgIpc) is 1.95. The molecular weight excluding hydrogens is 168 g/mol. The van der Waals surface area contributed by atoms with E-state index < -0.39 is 17.7 Å². The molecule has 1 N–H and O–H groups in total. The van der Waals surface area contributed by atoms with Gasteiger partial charge in [0.2, 0.25) is 0 Å². The van der Waals surface area contributed by atoms with Crippen LogP contribution in [0.1, 0.15) is 34.1 Å². The molecule has 0 radical (unpaired) electrons. The summed E-state index contributed by atoms with van der Waals surface area (Å²) in [5, 5.41) is 8.79. The summed E-state index contributed by atoms with van der Waals surface area (Å²) in [5.41, 5.74) is -0.429. The van der Waals surface area contributed by atoms with E-state index in [4.69, 9.17) is 9.84 Å². The van der Waals surface area contributed by atoms with Gasteiger partial charge in [0.15, 0.2) is 6.10 Å². The molecule has 76 valence electrons. The van der Waals surface area contributed by atoms with E-state index in [0.717, 1.165) is 6.42 Å². The minimum atomic E-state index is -0.945. The molecule has 0 aliphatic heterocycles. The Balaban J connectivity index is 4.27. The lowest BCUT2D eigenvalue weighted by Crippen LogP contribution is -2.31. The molecule has 0 aromatic rings. The van der Waals surface area contributed by atoms with Crippen LogP contribution in [-0.4, -0.2) is 22.8 Å². The molecule has 0 aliphatic carbocycles. The number of carboxylic acid groups (broad SMARTS) is 1. The molecule has 0 aromatic heterocycles. The highest BCUT2D eigenvalue weighted by Gasteiger charge is 2.21. The van der Waals surface area contributed by atoms with Gasteiger partial charge in [-0.3, -0.25) is 0 Å². The van der Waals surface area contributed by atoms with Gasteiger partial charge in [-0.2, -0.15) is 0 Å². The number of carbonyl (C=O) groups is 1. The Morgan fingerprint density at radius 3 is 2.38 bits per heavy atom. The summed E-state index contributed by atoms with van der Waals surface area (Å²) in [6.45, 7) is 7.46. The second-order valence-corrected chi connectivity index (χ2v) is 3.83. The van der Waals surface area contributed by atoms with Crippen molar-refractivity contribution >= 4 is 5.97 Å². The van der Waals surface area contributed by atoms with Crippen LogP contribution in [0.2, 0.25) is 0 Å². The molecule has 0 rings (SSSR count). The van der Waals surface area contributed by atoms with Gasteiger partial charge in [0, 0.05) is 0 Å². The van der Waals surface area contributed by atoms with Gasteiger partial charge in [0.25, 0.3) is 0 Å². The first-order chi connectivity index (χ1) is 5.87. The van der Waals surface area contributed by atoms with Crippen molar-refractivity contribution in [2.75, 3.05) is 0 Å². The third kappa shape index (κ3) is 6.34. The Kier molecular flexibility index (Phi) is 4.70. The molecule has 0 aromatic carbocycles. The third-order valence-corrected chi connectivity index (χ3v) is 1.27. The fourth-order valence-corrected chi connectivity index (χ4v) is 0.813. The number of aliphatic carboxylic acids is 1. The Labute approximate surface area is 79.4 Å². The first kappa shape index (κ1) is 12.2. The molecule has 0 saturated heterocycles. The molecule has 0 fully saturated rings. The van der Waals surface area contributed by atoms with E-state index in [9.17, 15) is 4.79 Å². The lowest BCUT2D eigenvalue weighted by Gasteiger charge is -2.22. The summed E-state index contributed by atoms with van der Waals surface area (Å²) < 4.78 is 5.31. The van der Waals surface area contributed by atoms with Crippen molar-refractivity contribution in [3.8, 4) is 0 Å². The van der Waals surface area contributed by atoms with Crippen molar-refractivity contribution < 1.29 is 14.6 Å². The summed E-state index contributed by atoms with van der Waals surface area (Å²) in [7, 11) is 0. The molecule has 0 saturated carbocycles. The number of carboxylic acids is 1. The zero-order chi connectivity index (χ0) is 10.5. The monoisotopic (exact) mass is 186 g/mol. The van der Waals surface area contributed by atoms with Crippen molar-refractivity contribution in [2.45, 2.75) is 45.8 Å². The minimum absolute atomic E-state index is 0.429. The topological polar surface area (TPSA) is 46.5 Å². The average molecular weight is 186 g/mol. The lowest BCUT2D eigenvalue weighted by molar-refractivity contribution is -0.154. The van der Waals surface area contributed by atoms with Gasteiger partial charge in [0.05, 0.1) is 5.60 Å². The Hall–Kier alpha value is -0.830. The number of ether oxygens (including phenoxy) is 1. The summed E-state index contributed by atoms with van der Waals surface area (Å²) >= 11 is 0. The van der Waals surface area contributed by atoms with Crippen LogP contribution in [0.25, 0.3) is 0 Å².